The maximum Gasteiger partial charge on any atom is 0.416 e. The number of amides is 3. The van der Waals surface area contributed by atoms with Crippen molar-refractivity contribution in [3.05, 3.63) is 41.5 Å². The number of hydrogen-bond acceptors (Lipinski definition) is 6. The predicted molar refractivity (Wildman–Crippen MR) is 108 cm³/mol. The molecule has 0 spiro atoms. The van der Waals surface area contributed by atoms with Gasteiger partial charge in [-0.25, -0.2) is 0 Å². The fourth-order valence-electron chi connectivity index (χ4n) is 2.61. The first-order valence-electron chi connectivity index (χ1n) is 8.93. The minimum Gasteiger partial charge on any atom is -0.493 e. The second kappa shape index (κ2) is 9.90. The van der Waals surface area contributed by atoms with E-state index in [2.05, 4.69) is 10.6 Å². The molecule has 0 saturated heterocycles. The number of methoxy groups -OCH3 is 2. The van der Waals surface area contributed by atoms with Gasteiger partial charge in [0.2, 0.25) is 11.7 Å². The van der Waals surface area contributed by atoms with Crippen LogP contribution < -0.4 is 30.6 Å². The summed E-state index contributed by atoms with van der Waals surface area (Å²) in [6.45, 7) is 0.687. The van der Waals surface area contributed by atoms with E-state index in [1.807, 2.05) is 0 Å². The van der Waals surface area contributed by atoms with Crippen LogP contribution in [0.4, 0.5) is 24.5 Å². The molecule has 0 heterocycles. The lowest BCUT2D eigenvalue weighted by Gasteiger charge is -2.17. The van der Waals surface area contributed by atoms with Gasteiger partial charge in [-0.2, -0.15) is 13.2 Å². The van der Waals surface area contributed by atoms with Crippen LogP contribution in [0, 0.1) is 0 Å². The van der Waals surface area contributed by atoms with Crippen LogP contribution in [0.5, 0.6) is 17.2 Å². The van der Waals surface area contributed by atoms with Gasteiger partial charge in [0.25, 0.3) is 11.8 Å². The monoisotopic (exact) mass is 455 g/mol. The van der Waals surface area contributed by atoms with Crippen molar-refractivity contribution in [1.82, 2.24) is 0 Å². The highest BCUT2D eigenvalue weighted by atomic mass is 19.4. The van der Waals surface area contributed by atoms with Crippen LogP contribution in [0.3, 0.4) is 0 Å². The third kappa shape index (κ3) is 6.03. The highest BCUT2D eigenvalue weighted by molar-refractivity contribution is 6.07. The Labute approximate surface area is 180 Å². The number of benzene rings is 2. The zero-order chi connectivity index (χ0) is 24.1. The predicted octanol–water partition coefficient (Wildman–Crippen LogP) is 2.80. The third-order valence-electron chi connectivity index (χ3n) is 3.99. The number of primary amides is 1. The number of alkyl halides is 3. The van der Waals surface area contributed by atoms with E-state index in [9.17, 15) is 27.6 Å². The van der Waals surface area contributed by atoms with E-state index >= 15 is 0 Å². The van der Waals surface area contributed by atoms with Crippen LogP contribution in [-0.4, -0.2) is 38.5 Å². The first-order chi connectivity index (χ1) is 15.0. The van der Waals surface area contributed by atoms with E-state index in [1.54, 1.807) is 0 Å². The topological polar surface area (TPSA) is 129 Å². The number of nitrogens with one attached hydrogen (secondary N) is 2. The Balaban J connectivity index is 2.45. The van der Waals surface area contributed by atoms with Gasteiger partial charge in [0.15, 0.2) is 18.1 Å². The molecule has 0 unspecified atom stereocenters. The van der Waals surface area contributed by atoms with Crippen LogP contribution in [0.15, 0.2) is 30.3 Å². The Morgan fingerprint density at radius 1 is 0.969 bits per heavy atom. The van der Waals surface area contributed by atoms with Crippen molar-refractivity contribution < 1.29 is 41.8 Å². The van der Waals surface area contributed by atoms with Crippen molar-refractivity contribution in [2.75, 3.05) is 31.5 Å². The van der Waals surface area contributed by atoms with Crippen molar-refractivity contribution in [2.45, 2.75) is 13.1 Å². The summed E-state index contributed by atoms with van der Waals surface area (Å²) in [7, 11) is 2.55. The smallest absolute Gasteiger partial charge is 0.416 e. The van der Waals surface area contributed by atoms with Gasteiger partial charge >= 0.3 is 6.18 Å². The lowest BCUT2D eigenvalue weighted by molar-refractivity contribution is -0.137. The summed E-state index contributed by atoms with van der Waals surface area (Å²) in [4.78, 5) is 35.2. The maximum absolute atomic E-state index is 13.1. The molecule has 0 radical (unpaired) electrons. The van der Waals surface area contributed by atoms with Gasteiger partial charge in [-0.1, -0.05) is 0 Å². The number of carbonyl (C=O) groups excluding carboxylic acids is 3. The van der Waals surface area contributed by atoms with Crippen LogP contribution in [0.1, 0.15) is 22.8 Å². The molecule has 2 rings (SSSR count). The Morgan fingerprint density at radius 3 is 2.03 bits per heavy atom. The molecular weight excluding hydrogens is 435 g/mol. The first kappa shape index (κ1) is 24.3. The van der Waals surface area contributed by atoms with Crippen LogP contribution >= 0.6 is 0 Å². The third-order valence-corrected chi connectivity index (χ3v) is 3.99. The molecule has 0 aromatic heterocycles. The summed E-state index contributed by atoms with van der Waals surface area (Å²) in [5.41, 5.74) is 3.68. The molecule has 2 aromatic rings. The fraction of sp³-hybridized carbons (Fsp3) is 0.250. The Hall–Kier alpha value is -3.96. The van der Waals surface area contributed by atoms with Gasteiger partial charge in [-0.3, -0.25) is 14.4 Å². The van der Waals surface area contributed by atoms with E-state index in [0.29, 0.717) is 6.07 Å². The molecule has 0 saturated carbocycles. The largest absolute Gasteiger partial charge is 0.493 e. The van der Waals surface area contributed by atoms with E-state index in [0.717, 1.165) is 12.1 Å². The molecule has 2 aromatic carbocycles. The molecule has 12 heteroatoms. The number of rotatable bonds is 8. The van der Waals surface area contributed by atoms with Gasteiger partial charge in [-0.05, 0) is 30.3 Å². The molecule has 4 N–H and O–H groups in total. The summed E-state index contributed by atoms with van der Waals surface area (Å²) in [6.07, 6.45) is -4.67. The van der Waals surface area contributed by atoms with E-state index in [4.69, 9.17) is 19.9 Å². The van der Waals surface area contributed by atoms with E-state index < -0.39 is 36.1 Å². The number of halogens is 3. The lowest BCUT2D eigenvalue weighted by atomic mass is 10.1. The van der Waals surface area contributed by atoms with Crippen LogP contribution in [0.25, 0.3) is 0 Å². The SMILES string of the molecule is COc1cc(C(=O)Nc2cc(C(F)(F)F)ccc2NC(C)=O)cc(OC)c1OCC(N)=O. The zero-order valence-corrected chi connectivity index (χ0v) is 17.3. The second-order valence-electron chi connectivity index (χ2n) is 6.36. The van der Waals surface area contributed by atoms with Gasteiger partial charge in [0, 0.05) is 12.5 Å². The van der Waals surface area contributed by atoms with Crippen molar-refractivity contribution >= 4 is 29.1 Å². The average molecular weight is 455 g/mol. The molecule has 0 atom stereocenters. The second-order valence-corrected chi connectivity index (χ2v) is 6.36. The van der Waals surface area contributed by atoms with Crippen molar-refractivity contribution in [3.8, 4) is 17.2 Å². The summed E-state index contributed by atoms with van der Waals surface area (Å²) < 4.78 is 54.9. The van der Waals surface area contributed by atoms with Crippen molar-refractivity contribution in [2.24, 2.45) is 5.73 Å². The van der Waals surface area contributed by atoms with Gasteiger partial charge in [-0.15, -0.1) is 0 Å². The molecule has 172 valence electrons. The number of carbonyl (C=O) groups is 3. The Kier molecular flexibility index (Phi) is 7.52. The van der Waals surface area contributed by atoms with Crippen LogP contribution in [-0.2, 0) is 15.8 Å². The van der Waals surface area contributed by atoms with Crippen LogP contribution in [0.2, 0.25) is 0 Å². The molecule has 0 bridgehead atoms. The molecule has 0 aliphatic carbocycles. The maximum atomic E-state index is 13.1. The molecule has 0 aliphatic heterocycles. The molecule has 9 nitrogen and oxygen atoms in total. The number of nitrogens with two attached hydrogens (primary N) is 1. The van der Waals surface area contributed by atoms with E-state index in [-0.39, 0.29) is 34.2 Å². The molecule has 0 aliphatic rings. The van der Waals surface area contributed by atoms with E-state index in [1.165, 1.54) is 33.3 Å². The first-order valence-corrected chi connectivity index (χ1v) is 8.93. The zero-order valence-electron chi connectivity index (χ0n) is 17.3. The highest BCUT2D eigenvalue weighted by Crippen LogP contribution is 2.39. The number of ether oxygens (including phenoxy) is 3. The van der Waals surface area contributed by atoms with Gasteiger partial charge < -0.3 is 30.6 Å². The average Bonchev–Trinajstić information content (AvgIpc) is 2.71. The number of hydrogen-bond donors (Lipinski definition) is 3. The quantitative estimate of drug-likeness (QED) is 0.562. The highest BCUT2D eigenvalue weighted by Gasteiger charge is 2.31. The Bertz CT molecular complexity index is 1010. The summed E-state index contributed by atoms with van der Waals surface area (Å²) >= 11 is 0. The molecular formula is C20H20F3N3O6. The summed E-state index contributed by atoms with van der Waals surface area (Å²) in [5, 5.41) is 4.69. The number of anilines is 2. The van der Waals surface area contributed by atoms with Crippen molar-refractivity contribution in [3.63, 3.8) is 0 Å². The standard InChI is InChI=1S/C20H20F3N3O6/c1-10(27)25-13-5-4-12(20(21,22)23)8-14(13)26-19(29)11-6-15(30-2)18(16(7-11)31-3)32-9-17(24)28/h4-8H,9H2,1-3H3,(H2,24,28)(H,25,27)(H,26,29). The molecule has 3 amide bonds. The lowest BCUT2D eigenvalue weighted by Crippen LogP contribution is -2.21. The molecule has 32 heavy (non-hydrogen) atoms. The summed E-state index contributed by atoms with van der Waals surface area (Å²) in [5.74, 6) is -2.09. The minimum atomic E-state index is -4.67. The minimum absolute atomic E-state index is 0.00311. The Morgan fingerprint density at radius 2 is 1.56 bits per heavy atom. The molecule has 0 fully saturated rings. The summed E-state index contributed by atoms with van der Waals surface area (Å²) in [6, 6.07) is 4.97. The van der Waals surface area contributed by atoms with Crippen molar-refractivity contribution in [1.29, 1.82) is 0 Å². The normalized spacial score (nSPS) is 10.8. The van der Waals surface area contributed by atoms with Gasteiger partial charge in [0.1, 0.15) is 0 Å². The van der Waals surface area contributed by atoms with Gasteiger partial charge in [0.05, 0.1) is 31.2 Å². The fourth-order valence-corrected chi connectivity index (χ4v) is 2.61.